The highest BCUT2D eigenvalue weighted by Gasteiger charge is 1.97. The summed E-state index contributed by atoms with van der Waals surface area (Å²) in [6.45, 7) is 2.12. The summed E-state index contributed by atoms with van der Waals surface area (Å²) in [7, 11) is 0. The van der Waals surface area contributed by atoms with Crippen molar-refractivity contribution in [3.05, 3.63) is 39.6 Å². The highest BCUT2D eigenvalue weighted by molar-refractivity contribution is 14.1. The number of aryl methyl sites for hydroxylation is 1. The van der Waals surface area contributed by atoms with Gasteiger partial charge in [-0.15, -0.1) is 0 Å². The number of nitrogens with zero attached hydrogens (tertiary/aromatic N) is 1. The molecule has 0 amide bonds. The van der Waals surface area contributed by atoms with E-state index in [9.17, 15) is 0 Å². The van der Waals surface area contributed by atoms with Gasteiger partial charge in [0.1, 0.15) is 0 Å². The second-order valence-corrected chi connectivity index (χ2v) is 4.04. The van der Waals surface area contributed by atoms with Crippen molar-refractivity contribution in [1.82, 2.24) is 4.98 Å². The summed E-state index contributed by atoms with van der Waals surface area (Å²) in [6.07, 6.45) is 1.83. The van der Waals surface area contributed by atoms with E-state index >= 15 is 0 Å². The van der Waals surface area contributed by atoms with Crippen molar-refractivity contribution in [3.8, 4) is 0 Å². The summed E-state index contributed by atoms with van der Waals surface area (Å²) >= 11 is 2.31. The van der Waals surface area contributed by atoms with Crippen LogP contribution in [0.25, 0.3) is 10.9 Å². The summed E-state index contributed by atoms with van der Waals surface area (Å²) in [4.78, 5) is 4.30. The number of rotatable bonds is 0. The van der Waals surface area contributed by atoms with E-state index in [2.05, 4.69) is 52.7 Å². The van der Waals surface area contributed by atoms with Gasteiger partial charge in [-0.25, -0.2) is 0 Å². The summed E-state index contributed by atoms with van der Waals surface area (Å²) in [5, 5.41) is 1.25. The Morgan fingerprint density at radius 1 is 1.33 bits per heavy atom. The zero-order chi connectivity index (χ0) is 8.55. The lowest BCUT2D eigenvalue weighted by Gasteiger charge is -2.00. The Morgan fingerprint density at radius 3 is 3.00 bits per heavy atom. The molecule has 0 aliphatic carbocycles. The smallest absolute Gasteiger partial charge is 0.0715 e. The maximum atomic E-state index is 4.30. The topological polar surface area (TPSA) is 12.9 Å². The lowest BCUT2D eigenvalue weighted by Crippen LogP contribution is -1.83. The van der Waals surface area contributed by atoms with E-state index in [0.29, 0.717) is 0 Å². The van der Waals surface area contributed by atoms with Gasteiger partial charge >= 0.3 is 0 Å². The Morgan fingerprint density at radius 2 is 2.17 bits per heavy atom. The number of hydrogen-bond acceptors (Lipinski definition) is 1. The van der Waals surface area contributed by atoms with Crippen LogP contribution in [0.1, 0.15) is 5.56 Å². The molecule has 0 radical (unpaired) electrons. The molecule has 1 heterocycles. The summed E-state index contributed by atoms with van der Waals surface area (Å²) in [5.74, 6) is 0. The number of pyridine rings is 1. The molecule has 1 nitrogen and oxygen atoms in total. The van der Waals surface area contributed by atoms with Crippen molar-refractivity contribution in [2.45, 2.75) is 6.92 Å². The van der Waals surface area contributed by atoms with Gasteiger partial charge in [0.15, 0.2) is 0 Å². The zero-order valence-corrected chi connectivity index (χ0v) is 8.87. The van der Waals surface area contributed by atoms with Gasteiger partial charge in [-0.2, -0.15) is 0 Å². The van der Waals surface area contributed by atoms with Crippen molar-refractivity contribution in [2.24, 2.45) is 0 Å². The Balaban J connectivity index is 2.89. The fourth-order valence-corrected chi connectivity index (χ4v) is 2.08. The van der Waals surface area contributed by atoms with Gasteiger partial charge in [0.2, 0.25) is 0 Å². The first-order valence-electron chi connectivity index (χ1n) is 3.78. The molecule has 0 bridgehead atoms. The van der Waals surface area contributed by atoms with Crippen molar-refractivity contribution in [2.75, 3.05) is 0 Å². The molecule has 0 fully saturated rings. The summed E-state index contributed by atoms with van der Waals surface area (Å²) in [6, 6.07) is 8.35. The quantitative estimate of drug-likeness (QED) is 0.669. The van der Waals surface area contributed by atoms with E-state index in [0.717, 1.165) is 5.52 Å². The molecule has 0 atom stereocenters. The van der Waals surface area contributed by atoms with Gasteiger partial charge in [0.05, 0.1) is 5.52 Å². The molecule has 0 saturated heterocycles. The van der Waals surface area contributed by atoms with Gasteiger partial charge in [0.25, 0.3) is 0 Å². The van der Waals surface area contributed by atoms with Gasteiger partial charge in [-0.1, -0.05) is 6.07 Å². The Bertz CT molecular complexity index is 423. The fraction of sp³-hybridized carbons (Fsp3) is 0.100. The zero-order valence-electron chi connectivity index (χ0n) is 6.71. The molecule has 12 heavy (non-hydrogen) atoms. The molecule has 0 aliphatic rings. The van der Waals surface area contributed by atoms with Crippen LogP contribution < -0.4 is 0 Å². The van der Waals surface area contributed by atoms with Gasteiger partial charge < -0.3 is 0 Å². The molecule has 0 saturated carbocycles. The van der Waals surface area contributed by atoms with Crippen LogP contribution in [0.3, 0.4) is 0 Å². The molecule has 2 rings (SSSR count). The van der Waals surface area contributed by atoms with Gasteiger partial charge in [0, 0.05) is 15.2 Å². The first kappa shape index (κ1) is 7.98. The van der Waals surface area contributed by atoms with Crippen LogP contribution in [-0.2, 0) is 0 Å². The predicted molar refractivity (Wildman–Crippen MR) is 59.2 cm³/mol. The molecular weight excluding hydrogens is 261 g/mol. The van der Waals surface area contributed by atoms with Crippen molar-refractivity contribution >= 4 is 33.5 Å². The molecule has 2 heteroatoms. The van der Waals surface area contributed by atoms with E-state index in [-0.39, 0.29) is 0 Å². The molecule has 1 aromatic heterocycles. The number of benzene rings is 1. The second-order valence-electron chi connectivity index (χ2n) is 2.79. The third-order valence-electron chi connectivity index (χ3n) is 1.89. The molecule has 60 valence electrons. The Kier molecular flexibility index (Phi) is 2.00. The van der Waals surface area contributed by atoms with Crippen LogP contribution >= 0.6 is 22.6 Å². The first-order chi connectivity index (χ1) is 5.77. The lowest BCUT2D eigenvalue weighted by molar-refractivity contribution is 1.38. The third-order valence-corrected chi connectivity index (χ3v) is 2.52. The SMILES string of the molecule is Cc1cc(I)cc2ncccc12. The number of halogens is 1. The highest BCUT2D eigenvalue weighted by atomic mass is 127. The molecular formula is C10H8IN. The second kappa shape index (κ2) is 3.01. The van der Waals surface area contributed by atoms with Gasteiger partial charge in [-0.05, 0) is 53.3 Å². The van der Waals surface area contributed by atoms with Gasteiger partial charge in [-0.3, -0.25) is 4.98 Å². The molecule has 0 aliphatic heterocycles. The van der Waals surface area contributed by atoms with E-state index in [1.54, 1.807) is 0 Å². The largest absolute Gasteiger partial charge is 0.256 e. The van der Waals surface area contributed by atoms with Crippen molar-refractivity contribution in [1.29, 1.82) is 0 Å². The Labute approximate surface area is 85.0 Å². The van der Waals surface area contributed by atoms with E-state index < -0.39 is 0 Å². The van der Waals surface area contributed by atoms with E-state index in [4.69, 9.17) is 0 Å². The monoisotopic (exact) mass is 269 g/mol. The van der Waals surface area contributed by atoms with Crippen LogP contribution in [0.5, 0.6) is 0 Å². The summed E-state index contributed by atoms with van der Waals surface area (Å²) < 4.78 is 1.25. The molecule has 2 aromatic rings. The molecule has 0 unspecified atom stereocenters. The normalized spacial score (nSPS) is 10.5. The fourth-order valence-electron chi connectivity index (χ4n) is 1.32. The van der Waals surface area contributed by atoms with Crippen LogP contribution in [0.15, 0.2) is 30.5 Å². The van der Waals surface area contributed by atoms with E-state index in [1.165, 1.54) is 14.5 Å². The number of hydrogen-bond donors (Lipinski definition) is 0. The van der Waals surface area contributed by atoms with E-state index in [1.807, 2.05) is 12.3 Å². The average Bonchev–Trinajstić information content (AvgIpc) is 2.04. The maximum Gasteiger partial charge on any atom is 0.0715 e. The molecule has 0 spiro atoms. The standard InChI is InChI=1S/C10H8IN/c1-7-5-8(11)6-10-9(7)3-2-4-12-10/h2-6H,1H3. The highest BCUT2D eigenvalue weighted by Crippen LogP contribution is 2.19. The minimum Gasteiger partial charge on any atom is -0.256 e. The average molecular weight is 269 g/mol. The molecule has 1 aromatic carbocycles. The third kappa shape index (κ3) is 1.31. The van der Waals surface area contributed by atoms with Crippen molar-refractivity contribution < 1.29 is 0 Å². The summed E-state index contributed by atoms with van der Waals surface area (Å²) in [5.41, 5.74) is 2.38. The predicted octanol–water partition coefficient (Wildman–Crippen LogP) is 3.15. The Hall–Kier alpha value is -0.640. The number of aromatic nitrogens is 1. The van der Waals surface area contributed by atoms with Crippen LogP contribution in [0.4, 0.5) is 0 Å². The first-order valence-corrected chi connectivity index (χ1v) is 4.86. The van der Waals surface area contributed by atoms with Crippen LogP contribution in [0.2, 0.25) is 0 Å². The van der Waals surface area contributed by atoms with Crippen LogP contribution in [-0.4, -0.2) is 4.98 Å². The number of fused-ring (bicyclic) bond motifs is 1. The van der Waals surface area contributed by atoms with Crippen LogP contribution in [0, 0.1) is 10.5 Å². The lowest BCUT2D eigenvalue weighted by atomic mass is 10.1. The minimum absolute atomic E-state index is 1.09. The minimum atomic E-state index is 1.09. The maximum absolute atomic E-state index is 4.30. The molecule has 0 N–H and O–H groups in total. The van der Waals surface area contributed by atoms with Crippen molar-refractivity contribution in [3.63, 3.8) is 0 Å².